The van der Waals surface area contributed by atoms with Gasteiger partial charge in [0, 0.05) is 16.3 Å². The molecule has 0 saturated heterocycles. The fraction of sp³-hybridized carbons (Fsp3) is 0.143. The summed E-state index contributed by atoms with van der Waals surface area (Å²) in [5.74, 6) is -0.161. The average Bonchev–Trinajstić information content (AvgIpc) is 2.69. The van der Waals surface area contributed by atoms with Gasteiger partial charge in [-0.3, -0.25) is 9.59 Å². The van der Waals surface area contributed by atoms with Gasteiger partial charge in [0.2, 0.25) is 5.91 Å². The van der Waals surface area contributed by atoms with Crippen molar-refractivity contribution in [2.75, 3.05) is 11.1 Å². The number of nitrogens with zero attached hydrogens (tertiary/aromatic N) is 2. The number of nitrogens with one attached hydrogen (secondary N) is 2. The van der Waals surface area contributed by atoms with Crippen molar-refractivity contribution in [1.29, 1.82) is 5.26 Å². The summed E-state index contributed by atoms with van der Waals surface area (Å²) >= 11 is 6.99. The van der Waals surface area contributed by atoms with Crippen LogP contribution >= 0.6 is 23.4 Å². The monoisotopic (exact) mass is 424 g/mol. The van der Waals surface area contributed by atoms with Crippen molar-refractivity contribution in [3.63, 3.8) is 0 Å². The number of carbonyl (C=O) groups excluding carboxylic acids is 1. The van der Waals surface area contributed by atoms with E-state index in [2.05, 4.69) is 15.3 Å². The lowest BCUT2D eigenvalue weighted by Gasteiger charge is -2.10. The summed E-state index contributed by atoms with van der Waals surface area (Å²) < 4.78 is 0. The first-order valence-electron chi connectivity index (χ1n) is 8.67. The highest BCUT2D eigenvalue weighted by atomic mass is 35.5. The van der Waals surface area contributed by atoms with Crippen LogP contribution in [0.4, 0.5) is 5.69 Å². The van der Waals surface area contributed by atoms with Crippen molar-refractivity contribution in [3.8, 4) is 17.3 Å². The number of amides is 1. The zero-order valence-corrected chi connectivity index (χ0v) is 17.3. The Morgan fingerprint density at radius 3 is 2.66 bits per heavy atom. The molecule has 8 heteroatoms. The normalized spacial score (nSPS) is 10.4. The maximum absolute atomic E-state index is 12.3. The highest BCUT2D eigenvalue weighted by molar-refractivity contribution is 7.99. The number of hydrogen-bond donors (Lipinski definition) is 2. The number of thioether (sulfide) groups is 1. The summed E-state index contributed by atoms with van der Waals surface area (Å²) in [6, 6.07) is 14.4. The minimum absolute atomic E-state index is 0.0578. The molecule has 2 aromatic carbocycles. The van der Waals surface area contributed by atoms with Gasteiger partial charge < -0.3 is 10.3 Å². The third-order valence-corrected chi connectivity index (χ3v) is 5.26. The van der Waals surface area contributed by atoms with Crippen molar-refractivity contribution < 1.29 is 4.79 Å². The number of carbonyl (C=O) groups is 1. The van der Waals surface area contributed by atoms with Gasteiger partial charge in [0.25, 0.3) is 5.56 Å². The van der Waals surface area contributed by atoms with Gasteiger partial charge in [-0.05, 0) is 43.2 Å². The van der Waals surface area contributed by atoms with Crippen LogP contribution in [0.3, 0.4) is 0 Å². The Labute approximate surface area is 177 Å². The molecule has 1 aromatic heterocycles. The summed E-state index contributed by atoms with van der Waals surface area (Å²) in [5, 5.41) is 13.0. The second kappa shape index (κ2) is 8.95. The minimum atomic E-state index is -0.551. The van der Waals surface area contributed by atoms with Crippen molar-refractivity contribution in [3.05, 3.63) is 74.5 Å². The van der Waals surface area contributed by atoms with E-state index in [0.717, 1.165) is 28.6 Å². The van der Waals surface area contributed by atoms with Crippen LogP contribution in [0.2, 0.25) is 5.02 Å². The third kappa shape index (κ3) is 5.05. The summed E-state index contributed by atoms with van der Waals surface area (Å²) in [7, 11) is 0. The largest absolute Gasteiger partial charge is 0.325 e. The Morgan fingerprint density at radius 1 is 1.24 bits per heavy atom. The Morgan fingerprint density at radius 2 is 1.97 bits per heavy atom. The van der Waals surface area contributed by atoms with Crippen LogP contribution < -0.4 is 10.9 Å². The molecule has 0 bridgehead atoms. The molecule has 0 aliphatic heterocycles. The molecule has 0 radical (unpaired) electrons. The zero-order chi connectivity index (χ0) is 21.0. The van der Waals surface area contributed by atoms with E-state index in [1.807, 2.05) is 38.1 Å². The maximum atomic E-state index is 12.3. The summed E-state index contributed by atoms with van der Waals surface area (Å²) in [5.41, 5.74) is 2.97. The average molecular weight is 425 g/mol. The lowest BCUT2D eigenvalue weighted by atomic mass is 10.1. The predicted octanol–water partition coefficient (Wildman–Crippen LogP) is 4.31. The summed E-state index contributed by atoms with van der Waals surface area (Å²) in [4.78, 5) is 31.6. The molecule has 0 saturated carbocycles. The predicted molar refractivity (Wildman–Crippen MR) is 115 cm³/mol. The number of benzene rings is 2. The van der Waals surface area contributed by atoms with E-state index in [4.69, 9.17) is 11.6 Å². The fourth-order valence-corrected chi connectivity index (χ4v) is 3.42. The third-order valence-electron chi connectivity index (χ3n) is 4.13. The van der Waals surface area contributed by atoms with E-state index < -0.39 is 5.56 Å². The number of halogens is 1. The number of anilines is 1. The number of aromatic nitrogens is 2. The van der Waals surface area contributed by atoms with Gasteiger partial charge >= 0.3 is 0 Å². The number of aromatic amines is 1. The molecule has 29 heavy (non-hydrogen) atoms. The van der Waals surface area contributed by atoms with Crippen LogP contribution in [0.1, 0.15) is 16.7 Å². The molecule has 3 aromatic rings. The van der Waals surface area contributed by atoms with Gasteiger partial charge in [0.15, 0.2) is 5.16 Å². The molecule has 0 spiro atoms. The fourth-order valence-electron chi connectivity index (χ4n) is 2.63. The zero-order valence-electron chi connectivity index (χ0n) is 15.7. The van der Waals surface area contributed by atoms with Gasteiger partial charge in [0.05, 0.1) is 11.4 Å². The number of aryl methyl sites for hydroxylation is 2. The first-order chi connectivity index (χ1) is 13.9. The number of nitriles is 1. The van der Waals surface area contributed by atoms with Gasteiger partial charge in [-0.2, -0.15) is 5.26 Å². The molecule has 0 unspecified atom stereocenters. The first-order valence-corrected chi connectivity index (χ1v) is 10.0. The van der Waals surface area contributed by atoms with E-state index in [0.29, 0.717) is 10.6 Å². The molecule has 1 heterocycles. The van der Waals surface area contributed by atoms with Crippen molar-refractivity contribution in [1.82, 2.24) is 9.97 Å². The van der Waals surface area contributed by atoms with E-state index in [1.54, 1.807) is 24.3 Å². The highest BCUT2D eigenvalue weighted by Gasteiger charge is 2.15. The van der Waals surface area contributed by atoms with Gasteiger partial charge in [-0.1, -0.05) is 47.6 Å². The van der Waals surface area contributed by atoms with E-state index >= 15 is 0 Å². The molecule has 3 rings (SSSR count). The van der Waals surface area contributed by atoms with Gasteiger partial charge in [-0.25, -0.2) is 4.98 Å². The van der Waals surface area contributed by atoms with Crippen LogP contribution in [0.5, 0.6) is 0 Å². The van der Waals surface area contributed by atoms with Gasteiger partial charge in [0.1, 0.15) is 11.6 Å². The molecule has 6 nitrogen and oxygen atoms in total. The van der Waals surface area contributed by atoms with Crippen LogP contribution in [0.25, 0.3) is 11.3 Å². The molecule has 1 amide bonds. The molecule has 146 valence electrons. The highest BCUT2D eigenvalue weighted by Crippen LogP contribution is 2.24. The SMILES string of the molecule is Cc1ccc(C)c(NC(=O)CSc2nc(-c3ccc(Cl)cc3)c(C#N)c(=O)[nH]2)c1. The Balaban J connectivity index is 1.80. The van der Waals surface area contributed by atoms with Crippen LogP contribution in [-0.4, -0.2) is 21.6 Å². The van der Waals surface area contributed by atoms with Gasteiger partial charge in [-0.15, -0.1) is 0 Å². The van der Waals surface area contributed by atoms with Crippen LogP contribution in [0, 0.1) is 25.2 Å². The molecular formula is C21H17ClN4O2S. The van der Waals surface area contributed by atoms with E-state index in [1.165, 1.54) is 0 Å². The van der Waals surface area contributed by atoms with E-state index in [-0.39, 0.29) is 28.1 Å². The second-order valence-electron chi connectivity index (χ2n) is 6.37. The van der Waals surface area contributed by atoms with E-state index in [9.17, 15) is 14.9 Å². The molecule has 0 aliphatic rings. The standard InChI is InChI=1S/C21H17ClN4O2S/c1-12-3-4-13(2)17(9-12)24-18(27)11-29-21-25-19(16(10-23)20(28)26-21)14-5-7-15(22)8-6-14/h3-9H,11H2,1-2H3,(H,24,27)(H,25,26,28). The number of H-pyrrole nitrogens is 1. The first kappa shape index (κ1) is 20.6. The summed E-state index contributed by atoms with van der Waals surface area (Å²) in [6.07, 6.45) is 0. The Kier molecular flexibility index (Phi) is 6.37. The Hall–Kier alpha value is -3.08. The number of hydrogen-bond acceptors (Lipinski definition) is 5. The lowest BCUT2D eigenvalue weighted by molar-refractivity contribution is -0.113. The van der Waals surface area contributed by atoms with Crippen LogP contribution in [0.15, 0.2) is 52.4 Å². The Bertz CT molecular complexity index is 1170. The van der Waals surface area contributed by atoms with Crippen molar-refractivity contribution in [2.24, 2.45) is 0 Å². The smallest absolute Gasteiger partial charge is 0.270 e. The van der Waals surface area contributed by atoms with Crippen molar-refractivity contribution >= 4 is 35.0 Å². The lowest BCUT2D eigenvalue weighted by Crippen LogP contribution is -2.18. The maximum Gasteiger partial charge on any atom is 0.270 e. The molecule has 0 atom stereocenters. The topological polar surface area (TPSA) is 98.6 Å². The molecule has 0 aliphatic carbocycles. The molecule has 0 fully saturated rings. The quantitative estimate of drug-likeness (QED) is 0.469. The number of rotatable bonds is 5. The summed E-state index contributed by atoms with van der Waals surface area (Å²) in [6.45, 7) is 3.87. The molecule has 2 N–H and O–H groups in total. The molecular weight excluding hydrogens is 408 g/mol. The van der Waals surface area contributed by atoms with Crippen molar-refractivity contribution in [2.45, 2.75) is 19.0 Å². The minimum Gasteiger partial charge on any atom is -0.325 e. The van der Waals surface area contributed by atoms with Crippen LogP contribution in [-0.2, 0) is 4.79 Å². The second-order valence-corrected chi connectivity index (χ2v) is 7.77.